The number of anilines is 2. The fourth-order valence-corrected chi connectivity index (χ4v) is 3.10. The third-order valence-electron chi connectivity index (χ3n) is 3.78. The lowest BCUT2D eigenvalue weighted by atomic mass is 10.1. The minimum atomic E-state index is 0.0218. The second-order valence-electron chi connectivity index (χ2n) is 5.85. The Morgan fingerprint density at radius 3 is 2.52 bits per heavy atom. The average molecular weight is 419 g/mol. The van der Waals surface area contributed by atoms with E-state index < -0.39 is 0 Å². The van der Waals surface area contributed by atoms with Gasteiger partial charge in [0.15, 0.2) is 16.7 Å². The van der Waals surface area contributed by atoms with Gasteiger partial charge in [-0.05, 0) is 61.1 Å². The predicted molar refractivity (Wildman–Crippen MR) is 114 cm³/mol. The van der Waals surface area contributed by atoms with Crippen molar-refractivity contribution < 1.29 is 4.79 Å². The highest BCUT2D eigenvalue weighted by Crippen LogP contribution is 2.22. The van der Waals surface area contributed by atoms with Gasteiger partial charge >= 0.3 is 0 Å². The summed E-state index contributed by atoms with van der Waals surface area (Å²) in [5.41, 5.74) is 2.35. The van der Waals surface area contributed by atoms with Gasteiger partial charge in [-0.15, -0.1) is 0 Å². The molecule has 8 heteroatoms. The SMILES string of the molecule is CC(=O)c1ccc(NC(=S)Nc2ccn(Cc3ccc(Cl)cc3Cl)n2)cc1. The van der Waals surface area contributed by atoms with Gasteiger partial charge in [0.1, 0.15) is 0 Å². The summed E-state index contributed by atoms with van der Waals surface area (Å²) in [7, 11) is 0. The lowest BCUT2D eigenvalue weighted by molar-refractivity contribution is 0.101. The molecule has 5 nitrogen and oxygen atoms in total. The van der Waals surface area contributed by atoms with Crippen molar-refractivity contribution in [3.63, 3.8) is 0 Å². The Bertz CT molecular complexity index is 986. The van der Waals surface area contributed by atoms with Crippen LogP contribution in [0.2, 0.25) is 10.0 Å². The van der Waals surface area contributed by atoms with Gasteiger partial charge in [-0.2, -0.15) is 5.10 Å². The van der Waals surface area contributed by atoms with Crippen LogP contribution >= 0.6 is 35.4 Å². The van der Waals surface area contributed by atoms with Crippen LogP contribution in [0.3, 0.4) is 0 Å². The number of carbonyl (C=O) groups is 1. The van der Waals surface area contributed by atoms with Crippen LogP contribution in [0, 0.1) is 0 Å². The molecule has 1 aromatic heterocycles. The summed E-state index contributed by atoms with van der Waals surface area (Å²) in [6.07, 6.45) is 1.83. The third-order valence-corrected chi connectivity index (χ3v) is 4.57. The zero-order chi connectivity index (χ0) is 19.4. The van der Waals surface area contributed by atoms with Crippen LogP contribution in [-0.2, 0) is 6.54 Å². The van der Waals surface area contributed by atoms with E-state index in [9.17, 15) is 4.79 Å². The molecule has 3 aromatic rings. The Balaban J connectivity index is 1.59. The molecule has 138 valence electrons. The number of hydrogen-bond donors (Lipinski definition) is 2. The van der Waals surface area contributed by atoms with Crippen molar-refractivity contribution in [1.82, 2.24) is 9.78 Å². The highest BCUT2D eigenvalue weighted by atomic mass is 35.5. The molecule has 0 spiro atoms. The van der Waals surface area contributed by atoms with Crippen LogP contribution in [0.1, 0.15) is 22.8 Å². The van der Waals surface area contributed by atoms with Gasteiger partial charge in [0.2, 0.25) is 0 Å². The van der Waals surface area contributed by atoms with Gasteiger partial charge in [-0.3, -0.25) is 9.48 Å². The highest BCUT2D eigenvalue weighted by Gasteiger charge is 2.06. The van der Waals surface area contributed by atoms with Crippen molar-refractivity contribution in [1.29, 1.82) is 0 Å². The second kappa shape index (κ2) is 8.52. The van der Waals surface area contributed by atoms with E-state index in [0.29, 0.717) is 33.1 Å². The van der Waals surface area contributed by atoms with Crippen LogP contribution in [0.15, 0.2) is 54.7 Å². The first-order chi connectivity index (χ1) is 12.9. The molecule has 27 heavy (non-hydrogen) atoms. The molecule has 0 aliphatic carbocycles. The zero-order valence-corrected chi connectivity index (χ0v) is 16.7. The second-order valence-corrected chi connectivity index (χ2v) is 7.10. The standard InChI is InChI=1S/C19H16Cl2N4OS/c1-12(26)13-3-6-16(7-4-13)22-19(27)23-18-8-9-25(24-18)11-14-2-5-15(20)10-17(14)21/h2-10H,11H2,1H3,(H2,22,23,24,27). The first-order valence-corrected chi connectivity index (χ1v) is 9.23. The first-order valence-electron chi connectivity index (χ1n) is 8.07. The number of ketones is 1. The normalized spacial score (nSPS) is 10.5. The molecule has 0 bridgehead atoms. The summed E-state index contributed by atoms with van der Waals surface area (Å²) < 4.78 is 1.75. The quantitative estimate of drug-likeness (QED) is 0.437. The minimum absolute atomic E-state index is 0.0218. The lowest BCUT2D eigenvalue weighted by Crippen LogP contribution is -2.19. The Hall–Kier alpha value is -2.41. The number of benzene rings is 2. The summed E-state index contributed by atoms with van der Waals surface area (Å²) in [6, 6.07) is 14.3. The number of nitrogens with one attached hydrogen (secondary N) is 2. The summed E-state index contributed by atoms with van der Waals surface area (Å²) in [4.78, 5) is 11.3. The number of thiocarbonyl (C=S) groups is 1. The van der Waals surface area contributed by atoms with Crippen LogP contribution in [-0.4, -0.2) is 20.7 Å². The van der Waals surface area contributed by atoms with E-state index in [1.54, 1.807) is 41.1 Å². The van der Waals surface area contributed by atoms with Crippen molar-refractivity contribution in [2.45, 2.75) is 13.5 Å². The Kier molecular flexibility index (Phi) is 6.11. The number of carbonyl (C=O) groups excluding carboxylic acids is 1. The summed E-state index contributed by atoms with van der Waals surface area (Å²) >= 11 is 17.4. The summed E-state index contributed by atoms with van der Waals surface area (Å²) in [6.45, 7) is 2.05. The van der Waals surface area contributed by atoms with Gasteiger partial charge in [-0.1, -0.05) is 29.3 Å². The Morgan fingerprint density at radius 1 is 1.11 bits per heavy atom. The molecule has 0 saturated heterocycles. The molecule has 2 N–H and O–H groups in total. The van der Waals surface area contributed by atoms with Crippen LogP contribution < -0.4 is 10.6 Å². The summed E-state index contributed by atoms with van der Waals surface area (Å²) in [5, 5.41) is 12.1. The fourth-order valence-electron chi connectivity index (χ4n) is 2.41. The highest BCUT2D eigenvalue weighted by molar-refractivity contribution is 7.80. The molecule has 3 rings (SSSR count). The van der Waals surface area contributed by atoms with Crippen molar-refractivity contribution in [3.8, 4) is 0 Å². The number of halogens is 2. The predicted octanol–water partition coefficient (Wildman–Crippen LogP) is 5.25. The number of aromatic nitrogens is 2. The van der Waals surface area contributed by atoms with Gasteiger partial charge in [-0.25, -0.2) is 0 Å². The first kappa shape index (κ1) is 19.4. The smallest absolute Gasteiger partial charge is 0.176 e. The number of Topliss-reactive ketones (excluding diaryl/α,β-unsaturated/α-hetero) is 1. The summed E-state index contributed by atoms with van der Waals surface area (Å²) in [5.74, 6) is 0.631. The molecule has 0 amide bonds. The van der Waals surface area contributed by atoms with Crippen LogP contribution in [0.4, 0.5) is 11.5 Å². The van der Waals surface area contributed by atoms with Gasteiger partial charge < -0.3 is 10.6 Å². The van der Waals surface area contributed by atoms with Crippen LogP contribution in [0.25, 0.3) is 0 Å². The molecule has 1 heterocycles. The molecule has 0 atom stereocenters. The fraction of sp³-hybridized carbons (Fsp3) is 0.105. The number of hydrogen-bond acceptors (Lipinski definition) is 3. The average Bonchev–Trinajstić information content (AvgIpc) is 3.04. The maximum Gasteiger partial charge on any atom is 0.176 e. The van der Waals surface area contributed by atoms with Crippen molar-refractivity contribution in [3.05, 3.63) is 75.9 Å². The van der Waals surface area contributed by atoms with Crippen molar-refractivity contribution in [2.75, 3.05) is 10.6 Å². The van der Waals surface area contributed by atoms with Gasteiger partial charge in [0.05, 0.1) is 6.54 Å². The van der Waals surface area contributed by atoms with Crippen molar-refractivity contribution >= 4 is 57.8 Å². The molecular weight excluding hydrogens is 403 g/mol. The van der Waals surface area contributed by atoms with E-state index in [1.165, 1.54) is 6.92 Å². The van der Waals surface area contributed by atoms with E-state index in [2.05, 4.69) is 15.7 Å². The third kappa shape index (κ3) is 5.29. The van der Waals surface area contributed by atoms with E-state index in [1.807, 2.05) is 18.3 Å². The molecule has 0 fully saturated rings. The maximum absolute atomic E-state index is 11.3. The lowest BCUT2D eigenvalue weighted by Gasteiger charge is -2.09. The van der Waals surface area contributed by atoms with E-state index >= 15 is 0 Å². The Morgan fingerprint density at radius 2 is 1.85 bits per heavy atom. The molecule has 2 aromatic carbocycles. The molecule has 0 radical (unpaired) electrons. The minimum Gasteiger partial charge on any atom is -0.332 e. The van der Waals surface area contributed by atoms with Crippen LogP contribution in [0.5, 0.6) is 0 Å². The molecule has 0 aliphatic heterocycles. The molecule has 0 aliphatic rings. The number of rotatable bonds is 5. The topological polar surface area (TPSA) is 59.0 Å². The van der Waals surface area contributed by atoms with E-state index in [-0.39, 0.29) is 5.78 Å². The largest absolute Gasteiger partial charge is 0.332 e. The molecule has 0 unspecified atom stereocenters. The maximum atomic E-state index is 11.3. The Labute approximate surface area is 172 Å². The zero-order valence-electron chi connectivity index (χ0n) is 14.4. The molecule has 0 saturated carbocycles. The number of nitrogens with zero attached hydrogens (tertiary/aromatic N) is 2. The van der Waals surface area contributed by atoms with Gasteiger partial charge in [0.25, 0.3) is 0 Å². The van der Waals surface area contributed by atoms with Crippen molar-refractivity contribution in [2.24, 2.45) is 0 Å². The van der Waals surface area contributed by atoms with Gasteiger partial charge in [0, 0.05) is 33.6 Å². The van der Waals surface area contributed by atoms with E-state index in [0.717, 1.165) is 11.3 Å². The monoisotopic (exact) mass is 418 g/mol. The molecular formula is C19H16Cl2N4OS. The van der Waals surface area contributed by atoms with E-state index in [4.69, 9.17) is 35.4 Å².